The van der Waals surface area contributed by atoms with Gasteiger partial charge in [-0.25, -0.2) is 4.39 Å². The van der Waals surface area contributed by atoms with Crippen LogP contribution in [0, 0.1) is 5.82 Å². The first-order valence-corrected chi connectivity index (χ1v) is 9.57. The minimum atomic E-state index is -0.592. The molecule has 0 spiro atoms. The van der Waals surface area contributed by atoms with Crippen LogP contribution in [0.2, 0.25) is 5.02 Å². The summed E-state index contributed by atoms with van der Waals surface area (Å²) in [7, 11) is 1.40. The van der Waals surface area contributed by atoms with Gasteiger partial charge in [-0.15, -0.1) is 0 Å². The van der Waals surface area contributed by atoms with Crippen LogP contribution in [0.15, 0.2) is 71.1 Å². The monoisotopic (exact) mass is 438 g/mol. The Morgan fingerprint density at radius 1 is 0.935 bits per heavy atom. The maximum Gasteiger partial charge on any atom is 0.295 e. The maximum atomic E-state index is 13.4. The van der Waals surface area contributed by atoms with Crippen molar-refractivity contribution >= 4 is 45.8 Å². The highest BCUT2D eigenvalue weighted by Gasteiger charge is 2.22. The Kier molecular flexibility index (Phi) is 5.60. The fourth-order valence-electron chi connectivity index (χ4n) is 3.06. The zero-order chi connectivity index (χ0) is 22.0. The van der Waals surface area contributed by atoms with Crippen molar-refractivity contribution in [3.05, 3.63) is 88.9 Å². The van der Waals surface area contributed by atoms with Crippen LogP contribution in [0.25, 0.3) is 11.0 Å². The topological polar surface area (TPSA) is 80.6 Å². The minimum absolute atomic E-state index is 0.0667. The van der Waals surface area contributed by atoms with E-state index in [1.165, 1.54) is 25.3 Å². The highest BCUT2D eigenvalue weighted by Crippen LogP contribution is 2.35. The van der Waals surface area contributed by atoms with E-state index in [0.29, 0.717) is 27.2 Å². The number of hydrogen-bond acceptors (Lipinski definition) is 4. The normalized spacial score (nSPS) is 10.7. The highest BCUT2D eigenvalue weighted by molar-refractivity contribution is 6.30. The van der Waals surface area contributed by atoms with Crippen molar-refractivity contribution in [2.75, 3.05) is 17.7 Å². The van der Waals surface area contributed by atoms with E-state index in [1.54, 1.807) is 48.5 Å². The lowest BCUT2D eigenvalue weighted by atomic mass is 10.2. The molecule has 4 aromatic rings. The summed E-state index contributed by atoms with van der Waals surface area (Å²) >= 11 is 5.85. The van der Waals surface area contributed by atoms with Gasteiger partial charge in [-0.1, -0.05) is 17.7 Å². The van der Waals surface area contributed by atoms with Gasteiger partial charge in [0, 0.05) is 22.0 Å². The van der Waals surface area contributed by atoms with Gasteiger partial charge in [0.2, 0.25) is 5.76 Å². The SMILES string of the molecule is COc1c(C(=O)Nc2cccc(F)c2)oc2ccc(NC(=O)c3ccc(Cl)cc3)cc12. The number of carbonyl (C=O) groups is 2. The highest BCUT2D eigenvalue weighted by atomic mass is 35.5. The second-order valence-corrected chi connectivity index (χ2v) is 7.04. The Bertz CT molecular complexity index is 1280. The summed E-state index contributed by atoms with van der Waals surface area (Å²) in [4.78, 5) is 25.1. The standard InChI is InChI=1S/C23H16ClFN2O4/c1-30-20-18-12-17(26-22(28)13-5-7-14(24)8-6-13)9-10-19(18)31-21(20)23(29)27-16-4-2-3-15(25)11-16/h2-12H,1H3,(H,26,28)(H,27,29). The molecule has 2 N–H and O–H groups in total. The average molecular weight is 439 g/mol. The first-order valence-electron chi connectivity index (χ1n) is 9.19. The smallest absolute Gasteiger partial charge is 0.295 e. The lowest BCUT2D eigenvalue weighted by Gasteiger charge is -2.06. The lowest BCUT2D eigenvalue weighted by Crippen LogP contribution is -2.12. The van der Waals surface area contributed by atoms with Gasteiger partial charge in [-0.3, -0.25) is 9.59 Å². The lowest BCUT2D eigenvalue weighted by molar-refractivity contribution is 0.0992. The van der Waals surface area contributed by atoms with Gasteiger partial charge in [-0.2, -0.15) is 0 Å². The Hall–Kier alpha value is -3.84. The quantitative estimate of drug-likeness (QED) is 0.416. The molecule has 0 saturated carbocycles. The molecule has 0 saturated heterocycles. The molecule has 6 nitrogen and oxygen atoms in total. The molecule has 8 heteroatoms. The predicted octanol–water partition coefficient (Wildman–Crippen LogP) is 5.74. The van der Waals surface area contributed by atoms with E-state index in [9.17, 15) is 14.0 Å². The van der Waals surface area contributed by atoms with Crippen molar-refractivity contribution in [3.8, 4) is 5.75 Å². The van der Waals surface area contributed by atoms with E-state index in [0.717, 1.165) is 0 Å². The molecule has 0 fully saturated rings. The second kappa shape index (κ2) is 8.49. The fourth-order valence-corrected chi connectivity index (χ4v) is 3.19. The maximum absolute atomic E-state index is 13.4. The van der Waals surface area contributed by atoms with E-state index in [1.807, 2.05) is 0 Å². The number of rotatable bonds is 5. The van der Waals surface area contributed by atoms with Crippen molar-refractivity contribution in [1.82, 2.24) is 0 Å². The second-order valence-electron chi connectivity index (χ2n) is 6.60. The van der Waals surface area contributed by atoms with E-state index in [-0.39, 0.29) is 23.1 Å². The number of halogens is 2. The number of nitrogens with one attached hydrogen (secondary N) is 2. The van der Waals surface area contributed by atoms with Gasteiger partial charge in [-0.05, 0) is 60.7 Å². The number of hydrogen-bond donors (Lipinski definition) is 2. The molecule has 31 heavy (non-hydrogen) atoms. The number of anilines is 2. The summed E-state index contributed by atoms with van der Waals surface area (Å²) in [5.41, 5.74) is 1.61. The summed E-state index contributed by atoms with van der Waals surface area (Å²) in [6.07, 6.45) is 0. The van der Waals surface area contributed by atoms with Gasteiger partial charge in [0.15, 0.2) is 5.75 Å². The minimum Gasteiger partial charge on any atom is -0.492 e. The van der Waals surface area contributed by atoms with Crippen LogP contribution >= 0.6 is 11.6 Å². The van der Waals surface area contributed by atoms with Crippen LogP contribution in [-0.2, 0) is 0 Å². The van der Waals surface area contributed by atoms with Crippen molar-refractivity contribution < 1.29 is 23.1 Å². The van der Waals surface area contributed by atoms with Crippen molar-refractivity contribution in [3.63, 3.8) is 0 Å². The molecule has 0 radical (unpaired) electrons. The third-order valence-electron chi connectivity index (χ3n) is 4.50. The third kappa shape index (κ3) is 4.36. The van der Waals surface area contributed by atoms with Crippen molar-refractivity contribution in [1.29, 1.82) is 0 Å². The van der Waals surface area contributed by atoms with Crippen LogP contribution < -0.4 is 15.4 Å². The first kappa shape index (κ1) is 20.4. The van der Waals surface area contributed by atoms with Crippen LogP contribution in [0.1, 0.15) is 20.9 Å². The summed E-state index contributed by atoms with van der Waals surface area (Å²) in [6, 6.07) is 16.9. The van der Waals surface area contributed by atoms with Crippen LogP contribution in [0.5, 0.6) is 5.75 Å². The zero-order valence-corrected chi connectivity index (χ0v) is 17.0. The van der Waals surface area contributed by atoms with Gasteiger partial charge < -0.3 is 19.8 Å². The molecule has 4 rings (SSSR count). The molecular formula is C23H16ClFN2O4. The Labute approximate surface area is 181 Å². The molecule has 0 aliphatic carbocycles. The molecule has 0 aliphatic heterocycles. The number of carbonyl (C=O) groups excluding carboxylic acids is 2. The van der Waals surface area contributed by atoms with Crippen LogP contribution in [0.4, 0.5) is 15.8 Å². The number of fused-ring (bicyclic) bond motifs is 1. The number of ether oxygens (including phenoxy) is 1. The van der Waals surface area contributed by atoms with Gasteiger partial charge in [0.05, 0.1) is 12.5 Å². The Morgan fingerprint density at radius 2 is 1.65 bits per heavy atom. The molecule has 1 heterocycles. The molecule has 3 aromatic carbocycles. The molecule has 156 valence electrons. The third-order valence-corrected chi connectivity index (χ3v) is 4.75. The fraction of sp³-hybridized carbons (Fsp3) is 0.0435. The molecule has 0 aliphatic rings. The Morgan fingerprint density at radius 3 is 2.35 bits per heavy atom. The average Bonchev–Trinajstić information content (AvgIpc) is 3.12. The molecule has 0 atom stereocenters. The van der Waals surface area contributed by atoms with E-state index >= 15 is 0 Å². The predicted molar refractivity (Wildman–Crippen MR) is 117 cm³/mol. The molecular weight excluding hydrogens is 423 g/mol. The molecule has 1 aromatic heterocycles. The van der Waals surface area contributed by atoms with E-state index < -0.39 is 11.7 Å². The summed E-state index contributed by atoms with van der Waals surface area (Å²) in [5, 5.41) is 6.39. The Balaban J connectivity index is 1.61. The van der Waals surface area contributed by atoms with Gasteiger partial charge >= 0.3 is 0 Å². The van der Waals surface area contributed by atoms with E-state index in [2.05, 4.69) is 10.6 Å². The van der Waals surface area contributed by atoms with Crippen molar-refractivity contribution in [2.24, 2.45) is 0 Å². The molecule has 0 bridgehead atoms. The van der Waals surface area contributed by atoms with Crippen LogP contribution in [0.3, 0.4) is 0 Å². The molecule has 2 amide bonds. The zero-order valence-electron chi connectivity index (χ0n) is 16.2. The van der Waals surface area contributed by atoms with Crippen LogP contribution in [-0.4, -0.2) is 18.9 Å². The molecule has 0 unspecified atom stereocenters. The van der Waals surface area contributed by atoms with E-state index in [4.69, 9.17) is 20.8 Å². The summed E-state index contributed by atoms with van der Waals surface area (Å²) < 4.78 is 24.4. The van der Waals surface area contributed by atoms with Gasteiger partial charge in [0.25, 0.3) is 11.8 Å². The number of benzene rings is 3. The van der Waals surface area contributed by atoms with Crippen molar-refractivity contribution in [2.45, 2.75) is 0 Å². The van der Waals surface area contributed by atoms with Gasteiger partial charge in [0.1, 0.15) is 11.4 Å². The first-order chi connectivity index (χ1) is 14.9. The number of amides is 2. The summed E-state index contributed by atoms with van der Waals surface area (Å²) in [6.45, 7) is 0. The summed E-state index contributed by atoms with van der Waals surface area (Å²) in [5.74, 6) is -1.25. The number of furan rings is 1. The largest absolute Gasteiger partial charge is 0.492 e. The number of methoxy groups -OCH3 is 1.